The van der Waals surface area contributed by atoms with E-state index in [0.717, 1.165) is 42.7 Å². The monoisotopic (exact) mass is 351 g/mol. The summed E-state index contributed by atoms with van der Waals surface area (Å²) in [6.45, 7) is 2.89. The lowest BCUT2D eigenvalue weighted by Crippen LogP contribution is -2.24. The lowest BCUT2D eigenvalue weighted by molar-refractivity contribution is 0.0951. The Balaban J connectivity index is 1.82. The van der Waals surface area contributed by atoms with Crippen molar-refractivity contribution in [3.63, 3.8) is 0 Å². The number of aryl methyl sites for hydroxylation is 1. The quantitative estimate of drug-likeness (QED) is 0.536. The number of nitrogens with two attached hydrogens (primary N) is 1. The first-order valence-electron chi connectivity index (χ1n) is 8.76. The van der Waals surface area contributed by atoms with E-state index in [2.05, 4.69) is 16.2 Å². The number of nitrogens with one attached hydrogen (secondary N) is 1. The van der Waals surface area contributed by atoms with Crippen LogP contribution >= 0.6 is 0 Å². The third-order valence-electron chi connectivity index (χ3n) is 3.89. The van der Waals surface area contributed by atoms with E-state index in [1.54, 1.807) is 12.1 Å². The molecule has 136 valence electrons. The van der Waals surface area contributed by atoms with Gasteiger partial charge in [-0.25, -0.2) is 4.98 Å². The first-order valence-corrected chi connectivity index (χ1v) is 8.76. The van der Waals surface area contributed by atoms with Crippen molar-refractivity contribution in [2.75, 3.05) is 12.3 Å². The van der Waals surface area contributed by atoms with Gasteiger partial charge in [-0.1, -0.05) is 12.1 Å². The van der Waals surface area contributed by atoms with E-state index in [4.69, 9.17) is 16.9 Å². The van der Waals surface area contributed by atoms with Crippen molar-refractivity contribution in [3.05, 3.63) is 53.2 Å². The standard InChI is InChI=1S/C21H25N3O2/c1-3-4-5-6-7-13-26-18-10-8-9-17(14-18)15-23-21(25)19-12-11-16(2)24-20(19)22/h1,8-12,14H,4-7,13,15H2,2H3,(H2,22,24)(H,23,25). The molecule has 3 N–H and O–H groups in total. The molecule has 0 saturated carbocycles. The summed E-state index contributed by atoms with van der Waals surface area (Å²) >= 11 is 0. The van der Waals surface area contributed by atoms with Gasteiger partial charge < -0.3 is 15.8 Å². The molecule has 2 rings (SSSR count). The van der Waals surface area contributed by atoms with Crippen LogP contribution in [0.15, 0.2) is 36.4 Å². The Hall–Kier alpha value is -3.00. The minimum absolute atomic E-state index is 0.240. The van der Waals surface area contributed by atoms with Crippen LogP contribution in [0.3, 0.4) is 0 Å². The summed E-state index contributed by atoms with van der Waals surface area (Å²) in [4.78, 5) is 16.4. The SMILES string of the molecule is C#CCCCCCOc1cccc(CNC(=O)c2ccc(C)nc2N)c1. The third kappa shape index (κ3) is 6.14. The first-order chi connectivity index (χ1) is 12.6. The molecule has 0 radical (unpaired) electrons. The van der Waals surface area contributed by atoms with Crippen molar-refractivity contribution in [2.24, 2.45) is 0 Å². The zero-order valence-electron chi connectivity index (χ0n) is 15.1. The van der Waals surface area contributed by atoms with Gasteiger partial charge in [-0.15, -0.1) is 12.3 Å². The number of rotatable bonds is 9. The first kappa shape index (κ1) is 19.3. The fraction of sp³-hybridized carbons (Fsp3) is 0.333. The Morgan fingerprint density at radius 2 is 2.12 bits per heavy atom. The summed E-state index contributed by atoms with van der Waals surface area (Å²) in [5.41, 5.74) is 7.94. The van der Waals surface area contributed by atoms with Crippen molar-refractivity contribution < 1.29 is 9.53 Å². The summed E-state index contributed by atoms with van der Waals surface area (Å²) in [7, 11) is 0. The predicted molar refractivity (Wildman–Crippen MR) is 104 cm³/mol. The van der Waals surface area contributed by atoms with Gasteiger partial charge in [0.25, 0.3) is 5.91 Å². The fourth-order valence-electron chi connectivity index (χ4n) is 2.49. The van der Waals surface area contributed by atoms with Gasteiger partial charge in [0, 0.05) is 18.7 Å². The Morgan fingerprint density at radius 1 is 1.27 bits per heavy atom. The molecular formula is C21H25N3O2. The lowest BCUT2D eigenvalue weighted by Gasteiger charge is -2.10. The van der Waals surface area contributed by atoms with Gasteiger partial charge in [0.05, 0.1) is 12.2 Å². The highest BCUT2D eigenvalue weighted by Crippen LogP contribution is 2.15. The number of anilines is 1. The number of nitrogen functional groups attached to an aromatic ring is 1. The van der Waals surface area contributed by atoms with Gasteiger partial charge in [0.15, 0.2) is 0 Å². The zero-order valence-corrected chi connectivity index (χ0v) is 15.1. The second-order valence-electron chi connectivity index (χ2n) is 6.08. The fourth-order valence-corrected chi connectivity index (χ4v) is 2.49. The van der Waals surface area contributed by atoms with Gasteiger partial charge >= 0.3 is 0 Å². The number of ether oxygens (including phenoxy) is 1. The number of hydrogen-bond donors (Lipinski definition) is 2. The van der Waals surface area contributed by atoms with Crippen LogP contribution in [0.4, 0.5) is 5.82 Å². The molecule has 0 bridgehead atoms. The molecule has 0 unspecified atom stereocenters. The summed E-state index contributed by atoms with van der Waals surface area (Å²) in [5.74, 6) is 3.43. The van der Waals surface area contributed by atoms with Crippen molar-refractivity contribution in [1.82, 2.24) is 10.3 Å². The number of carbonyl (C=O) groups is 1. The second-order valence-corrected chi connectivity index (χ2v) is 6.08. The highest BCUT2D eigenvalue weighted by molar-refractivity contribution is 5.98. The molecule has 26 heavy (non-hydrogen) atoms. The maximum absolute atomic E-state index is 12.3. The Morgan fingerprint density at radius 3 is 2.88 bits per heavy atom. The maximum Gasteiger partial charge on any atom is 0.255 e. The average Bonchev–Trinajstić information content (AvgIpc) is 2.63. The number of aromatic nitrogens is 1. The smallest absolute Gasteiger partial charge is 0.255 e. The Bertz CT molecular complexity index is 781. The molecule has 5 nitrogen and oxygen atoms in total. The molecular weight excluding hydrogens is 326 g/mol. The minimum Gasteiger partial charge on any atom is -0.494 e. The van der Waals surface area contributed by atoms with Crippen LogP contribution in [-0.2, 0) is 6.54 Å². The van der Waals surface area contributed by atoms with Crippen LogP contribution in [0.1, 0.15) is 47.3 Å². The molecule has 0 aliphatic rings. The van der Waals surface area contributed by atoms with E-state index >= 15 is 0 Å². The molecule has 1 aromatic heterocycles. The molecule has 1 heterocycles. The van der Waals surface area contributed by atoms with Crippen LogP contribution < -0.4 is 15.8 Å². The molecule has 0 aliphatic heterocycles. The van der Waals surface area contributed by atoms with E-state index < -0.39 is 0 Å². The van der Waals surface area contributed by atoms with Gasteiger partial charge in [0.1, 0.15) is 11.6 Å². The molecule has 5 heteroatoms. The van der Waals surface area contributed by atoms with E-state index in [1.165, 1.54) is 0 Å². The highest BCUT2D eigenvalue weighted by Gasteiger charge is 2.10. The molecule has 0 aliphatic carbocycles. The van der Waals surface area contributed by atoms with Crippen LogP contribution in [0.2, 0.25) is 0 Å². The van der Waals surface area contributed by atoms with Crippen LogP contribution in [-0.4, -0.2) is 17.5 Å². The van der Waals surface area contributed by atoms with Crippen molar-refractivity contribution >= 4 is 11.7 Å². The zero-order chi connectivity index (χ0) is 18.8. The molecule has 0 fully saturated rings. The molecule has 0 atom stereocenters. The van der Waals surface area contributed by atoms with E-state index in [9.17, 15) is 4.79 Å². The van der Waals surface area contributed by atoms with Gasteiger partial charge in [0.2, 0.25) is 0 Å². The highest BCUT2D eigenvalue weighted by atomic mass is 16.5. The summed E-state index contributed by atoms with van der Waals surface area (Å²) in [5, 5.41) is 2.86. The average molecular weight is 351 g/mol. The maximum atomic E-state index is 12.3. The van der Waals surface area contributed by atoms with E-state index in [1.807, 2.05) is 31.2 Å². The van der Waals surface area contributed by atoms with E-state index in [0.29, 0.717) is 18.7 Å². The number of hydrogen-bond acceptors (Lipinski definition) is 4. The topological polar surface area (TPSA) is 77.2 Å². The van der Waals surface area contributed by atoms with Crippen molar-refractivity contribution in [1.29, 1.82) is 0 Å². The van der Waals surface area contributed by atoms with Crippen LogP contribution in [0.25, 0.3) is 0 Å². The number of carbonyl (C=O) groups excluding carboxylic acids is 1. The molecule has 1 aromatic carbocycles. The molecule has 1 amide bonds. The molecule has 0 saturated heterocycles. The second kappa shape index (κ2) is 10.1. The third-order valence-corrected chi connectivity index (χ3v) is 3.89. The largest absolute Gasteiger partial charge is 0.494 e. The minimum atomic E-state index is -0.241. The summed E-state index contributed by atoms with van der Waals surface area (Å²) in [6, 6.07) is 11.1. The number of benzene rings is 1. The number of terminal acetylenes is 1. The van der Waals surface area contributed by atoms with Crippen LogP contribution in [0, 0.1) is 19.3 Å². The normalized spacial score (nSPS) is 10.2. The van der Waals surface area contributed by atoms with Crippen LogP contribution in [0.5, 0.6) is 5.75 Å². The number of pyridine rings is 1. The van der Waals surface area contributed by atoms with E-state index in [-0.39, 0.29) is 11.7 Å². The Labute approximate surface area is 155 Å². The summed E-state index contributed by atoms with van der Waals surface area (Å²) in [6.07, 6.45) is 9.11. The predicted octanol–water partition coefficient (Wildman–Crippen LogP) is 3.47. The van der Waals surface area contributed by atoms with Gasteiger partial charge in [-0.2, -0.15) is 0 Å². The Kier molecular flexibility index (Phi) is 7.50. The summed E-state index contributed by atoms with van der Waals surface area (Å²) < 4.78 is 5.76. The molecule has 2 aromatic rings. The lowest BCUT2D eigenvalue weighted by atomic mass is 10.2. The number of amides is 1. The number of unbranched alkanes of at least 4 members (excludes halogenated alkanes) is 3. The van der Waals surface area contributed by atoms with Gasteiger partial charge in [-0.3, -0.25) is 4.79 Å². The van der Waals surface area contributed by atoms with Crippen molar-refractivity contribution in [3.8, 4) is 18.1 Å². The van der Waals surface area contributed by atoms with Gasteiger partial charge in [-0.05, 0) is 56.0 Å². The van der Waals surface area contributed by atoms with Crippen molar-refractivity contribution in [2.45, 2.75) is 39.2 Å². The number of nitrogens with zero attached hydrogens (tertiary/aromatic N) is 1. The molecule has 0 spiro atoms.